The monoisotopic (exact) mass is 269 g/mol. The first kappa shape index (κ1) is 13.4. The Kier molecular flexibility index (Phi) is 4.64. The normalized spacial score (nSPS) is 24.4. The molecule has 1 aromatic heterocycles. The second-order valence-corrected chi connectivity index (χ2v) is 5.31. The molecule has 2 unspecified atom stereocenters. The highest BCUT2D eigenvalue weighted by Crippen LogP contribution is 2.25. The Hall–Kier alpha value is -1.03. The first-order valence-electron chi connectivity index (χ1n) is 6.49. The summed E-state index contributed by atoms with van der Waals surface area (Å²) in [6.07, 6.45) is 5.88. The van der Waals surface area contributed by atoms with E-state index in [2.05, 4.69) is 15.3 Å². The van der Waals surface area contributed by atoms with Gasteiger partial charge in [-0.2, -0.15) is 4.98 Å². The van der Waals surface area contributed by atoms with E-state index in [1.807, 2.05) is 13.0 Å². The largest absolute Gasteiger partial charge is 0.481 e. The maximum absolute atomic E-state index is 6.41. The minimum atomic E-state index is 0.175. The van der Waals surface area contributed by atoms with Gasteiger partial charge in [0.05, 0.1) is 12.5 Å². The first-order chi connectivity index (χ1) is 8.69. The second-order valence-electron chi connectivity index (χ2n) is 4.75. The molecule has 1 saturated carbocycles. The van der Waals surface area contributed by atoms with E-state index in [4.69, 9.17) is 16.3 Å². The van der Waals surface area contributed by atoms with Gasteiger partial charge in [-0.1, -0.05) is 19.3 Å². The summed E-state index contributed by atoms with van der Waals surface area (Å²) in [7, 11) is 1.61. The lowest BCUT2D eigenvalue weighted by Gasteiger charge is -2.22. The zero-order chi connectivity index (χ0) is 13.0. The molecule has 18 heavy (non-hydrogen) atoms. The van der Waals surface area contributed by atoms with Crippen molar-refractivity contribution in [1.29, 1.82) is 0 Å². The molecule has 1 aliphatic rings. The van der Waals surface area contributed by atoms with Crippen LogP contribution in [0.4, 0.5) is 5.82 Å². The molecule has 100 valence electrons. The van der Waals surface area contributed by atoms with Crippen molar-refractivity contribution in [2.45, 2.75) is 50.4 Å². The number of aromatic nitrogens is 2. The van der Waals surface area contributed by atoms with Gasteiger partial charge in [0.15, 0.2) is 0 Å². The third-order valence-electron chi connectivity index (χ3n) is 3.29. The number of methoxy groups -OCH3 is 1. The number of hydrogen-bond acceptors (Lipinski definition) is 4. The van der Waals surface area contributed by atoms with Crippen molar-refractivity contribution in [2.75, 3.05) is 12.4 Å². The lowest BCUT2D eigenvalue weighted by Crippen LogP contribution is -2.29. The molecule has 1 N–H and O–H groups in total. The van der Waals surface area contributed by atoms with Gasteiger partial charge in [0.1, 0.15) is 11.6 Å². The highest BCUT2D eigenvalue weighted by Gasteiger charge is 2.22. The molecule has 0 aliphatic heterocycles. The summed E-state index contributed by atoms with van der Waals surface area (Å²) in [5, 5.41) is 3.60. The van der Waals surface area contributed by atoms with Crippen LogP contribution in [0.3, 0.4) is 0 Å². The van der Waals surface area contributed by atoms with Crippen LogP contribution in [-0.4, -0.2) is 28.5 Å². The molecule has 0 bridgehead atoms. The van der Waals surface area contributed by atoms with E-state index >= 15 is 0 Å². The molecule has 1 aromatic rings. The standard InChI is InChI=1S/C13H20ClN3O/c1-9-15-12(8-13(16-9)18-2)17-11-7-5-3-4-6-10(11)14/h8,10-11H,3-7H2,1-2H3,(H,15,16,17). The average Bonchev–Trinajstić information content (AvgIpc) is 2.54. The van der Waals surface area contributed by atoms with E-state index < -0.39 is 0 Å². The molecule has 1 aliphatic carbocycles. The number of nitrogens with zero attached hydrogens (tertiary/aromatic N) is 2. The number of alkyl halides is 1. The molecular formula is C13H20ClN3O. The van der Waals surface area contributed by atoms with Gasteiger partial charge in [-0.3, -0.25) is 0 Å². The maximum Gasteiger partial charge on any atom is 0.218 e. The molecule has 0 radical (unpaired) electrons. The van der Waals surface area contributed by atoms with Crippen molar-refractivity contribution in [3.63, 3.8) is 0 Å². The molecule has 2 atom stereocenters. The van der Waals surface area contributed by atoms with Gasteiger partial charge in [-0.05, 0) is 19.8 Å². The van der Waals surface area contributed by atoms with E-state index in [9.17, 15) is 0 Å². The van der Waals surface area contributed by atoms with Crippen LogP contribution in [0.25, 0.3) is 0 Å². The van der Waals surface area contributed by atoms with Crippen molar-refractivity contribution < 1.29 is 4.74 Å². The van der Waals surface area contributed by atoms with E-state index in [0.29, 0.717) is 11.7 Å². The molecule has 5 heteroatoms. The topological polar surface area (TPSA) is 47.0 Å². The zero-order valence-electron chi connectivity index (χ0n) is 10.9. The molecule has 1 heterocycles. The Morgan fingerprint density at radius 3 is 2.83 bits per heavy atom. The van der Waals surface area contributed by atoms with Crippen LogP contribution in [0.5, 0.6) is 5.88 Å². The summed E-state index contributed by atoms with van der Waals surface area (Å²) < 4.78 is 5.15. The SMILES string of the molecule is COc1cc(NC2CCCCCC2Cl)nc(C)n1. The minimum Gasteiger partial charge on any atom is -0.481 e. The van der Waals surface area contributed by atoms with Gasteiger partial charge in [0.25, 0.3) is 0 Å². The van der Waals surface area contributed by atoms with Gasteiger partial charge in [-0.25, -0.2) is 4.98 Å². The fourth-order valence-electron chi connectivity index (χ4n) is 2.33. The summed E-state index contributed by atoms with van der Waals surface area (Å²) in [6.45, 7) is 1.86. The lowest BCUT2D eigenvalue weighted by molar-refractivity contribution is 0.395. The van der Waals surface area contributed by atoms with Crippen molar-refractivity contribution in [1.82, 2.24) is 9.97 Å². The van der Waals surface area contributed by atoms with E-state index in [1.54, 1.807) is 7.11 Å². The minimum absolute atomic E-state index is 0.175. The number of anilines is 1. The van der Waals surface area contributed by atoms with Crippen molar-refractivity contribution in [2.24, 2.45) is 0 Å². The second kappa shape index (κ2) is 6.23. The molecule has 0 saturated heterocycles. The molecule has 0 spiro atoms. The van der Waals surface area contributed by atoms with Crippen LogP contribution in [0.2, 0.25) is 0 Å². The third kappa shape index (κ3) is 3.48. The molecular weight excluding hydrogens is 250 g/mol. The molecule has 0 amide bonds. The zero-order valence-corrected chi connectivity index (χ0v) is 11.7. The third-order valence-corrected chi connectivity index (χ3v) is 3.81. The summed E-state index contributed by atoms with van der Waals surface area (Å²) in [5.41, 5.74) is 0. The van der Waals surface area contributed by atoms with Gasteiger partial charge in [0, 0.05) is 12.1 Å². The highest BCUT2D eigenvalue weighted by atomic mass is 35.5. The van der Waals surface area contributed by atoms with Crippen LogP contribution in [0, 0.1) is 6.92 Å². The van der Waals surface area contributed by atoms with Gasteiger partial charge >= 0.3 is 0 Å². The Labute approximate surface area is 113 Å². The summed E-state index contributed by atoms with van der Waals surface area (Å²) >= 11 is 6.41. The maximum atomic E-state index is 6.41. The van der Waals surface area contributed by atoms with Crippen LogP contribution >= 0.6 is 11.6 Å². The number of ether oxygens (including phenoxy) is 1. The van der Waals surface area contributed by atoms with Gasteiger partial charge in [-0.15, -0.1) is 11.6 Å². The van der Waals surface area contributed by atoms with Crippen LogP contribution in [0.15, 0.2) is 6.07 Å². The fourth-order valence-corrected chi connectivity index (χ4v) is 2.68. The van der Waals surface area contributed by atoms with Crippen LogP contribution < -0.4 is 10.1 Å². The quantitative estimate of drug-likeness (QED) is 0.676. The number of rotatable bonds is 3. The van der Waals surface area contributed by atoms with Crippen LogP contribution in [0.1, 0.15) is 37.9 Å². The predicted octanol–water partition coefficient (Wildman–Crippen LogP) is 3.15. The van der Waals surface area contributed by atoms with E-state index in [0.717, 1.165) is 18.7 Å². The Morgan fingerprint density at radius 1 is 1.28 bits per heavy atom. The summed E-state index contributed by atoms with van der Waals surface area (Å²) in [4.78, 5) is 8.56. The summed E-state index contributed by atoms with van der Waals surface area (Å²) in [5.74, 6) is 2.10. The van der Waals surface area contributed by atoms with Gasteiger partial charge in [0.2, 0.25) is 5.88 Å². The average molecular weight is 270 g/mol. The smallest absolute Gasteiger partial charge is 0.218 e. The van der Waals surface area contributed by atoms with E-state index in [-0.39, 0.29) is 11.4 Å². The first-order valence-corrected chi connectivity index (χ1v) is 6.93. The van der Waals surface area contributed by atoms with Crippen molar-refractivity contribution >= 4 is 17.4 Å². The Balaban J connectivity index is 2.09. The Morgan fingerprint density at radius 2 is 2.06 bits per heavy atom. The highest BCUT2D eigenvalue weighted by molar-refractivity contribution is 6.21. The predicted molar refractivity (Wildman–Crippen MR) is 73.5 cm³/mol. The van der Waals surface area contributed by atoms with Gasteiger partial charge < -0.3 is 10.1 Å². The number of aryl methyl sites for hydroxylation is 1. The number of hydrogen-bond donors (Lipinski definition) is 1. The van der Waals surface area contributed by atoms with E-state index in [1.165, 1.54) is 19.3 Å². The van der Waals surface area contributed by atoms with Crippen molar-refractivity contribution in [3.8, 4) is 5.88 Å². The van der Waals surface area contributed by atoms with Crippen LogP contribution in [-0.2, 0) is 0 Å². The molecule has 0 aromatic carbocycles. The molecule has 2 rings (SSSR count). The number of halogens is 1. The number of nitrogens with one attached hydrogen (secondary N) is 1. The lowest BCUT2D eigenvalue weighted by atomic mass is 10.1. The molecule has 1 fully saturated rings. The summed E-state index contributed by atoms with van der Waals surface area (Å²) in [6, 6.07) is 2.11. The van der Waals surface area contributed by atoms with Crippen molar-refractivity contribution in [3.05, 3.63) is 11.9 Å². The fraction of sp³-hybridized carbons (Fsp3) is 0.692. The molecule has 4 nitrogen and oxygen atoms in total. The Bertz CT molecular complexity index is 400.